The van der Waals surface area contributed by atoms with E-state index in [0.29, 0.717) is 5.69 Å². The molecule has 0 aliphatic carbocycles. The van der Waals surface area contributed by atoms with E-state index in [9.17, 15) is 12.8 Å². The predicted octanol–water partition coefficient (Wildman–Crippen LogP) is 3.68. The van der Waals surface area contributed by atoms with Gasteiger partial charge in [-0.15, -0.1) is 0 Å². The van der Waals surface area contributed by atoms with E-state index < -0.39 is 10.0 Å². The molecule has 4 nitrogen and oxygen atoms in total. The van der Waals surface area contributed by atoms with Gasteiger partial charge in [0.05, 0.1) is 11.9 Å². The number of hydrogen-bond acceptors (Lipinski definition) is 3. The Labute approximate surface area is 130 Å². The molecule has 1 atom stereocenters. The predicted molar refractivity (Wildman–Crippen MR) is 88.1 cm³/mol. The van der Waals surface area contributed by atoms with Gasteiger partial charge in [-0.3, -0.25) is 4.72 Å². The second-order valence-corrected chi connectivity index (χ2v) is 7.07. The van der Waals surface area contributed by atoms with Crippen molar-refractivity contribution in [1.29, 1.82) is 0 Å². The molecule has 2 N–H and O–H groups in total. The van der Waals surface area contributed by atoms with Crippen LogP contribution in [0.3, 0.4) is 0 Å². The minimum Gasteiger partial charge on any atom is -0.378 e. The molecule has 0 aliphatic heterocycles. The molecule has 2 rings (SSSR count). The number of hydrogen-bond donors (Lipinski definition) is 2. The quantitative estimate of drug-likeness (QED) is 0.883. The molecule has 0 fully saturated rings. The van der Waals surface area contributed by atoms with Crippen LogP contribution in [0.25, 0.3) is 0 Å². The molecule has 0 saturated heterocycles. The van der Waals surface area contributed by atoms with Crippen molar-refractivity contribution in [2.24, 2.45) is 0 Å². The fraction of sp³-hybridized carbons (Fsp3) is 0.250. The number of rotatable bonds is 5. The largest absolute Gasteiger partial charge is 0.378 e. The molecule has 0 heterocycles. The summed E-state index contributed by atoms with van der Waals surface area (Å²) in [5, 5.41) is 3.24. The van der Waals surface area contributed by atoms with Crippen LogP contribution in [0.5, 0.6) is 0 Å². The topological polar surface area (TPSA) is 58.2 Å². The number of benzene rings is 2. The highest BCUT2D eigenvalue weighted by Crippen LogP contribution is 2.25. The van der Waals surface area contributed by atoms with Crippen molar-refractivity contribution >= 4 is 21.4 Å². The second kappa shape index (κ2) is 6.36. The Bertz CT molecular complexity index is 775. The fourth-order valence-electron chi connectivity index (χ4n) is 2.13. The lowest BCUT2D eigenvalue weighted by molar-refractivity contribution is 0.606. The lowest BCUT2D eigenvalue weighted by Crippen LogP contribution is -2.12. The van der Waals surface area contributed by atoms with E-state index in [4.69, 9.17) is 0 Å². The van der Waals surface area contributed by atoms with Crippen molar-refractivity contribution < 1.29 is 12.8 Å². The number of halogens is 1. The van der Waals surface area contributed by atoms with Crippen molar-refractivity contribution in [3.8, 4) is 0 Å². The van der Waals surface area contributed by atoms with E-state index in [-0.39, 0.29) is 11.9 Å². The van der Waals surface area contributed by atoms with Crippen LogP contribution in [0.1, 0.15) is 24.1 Å². The maximum absolute atomic E-state index is 13.3. The monoisotopic (exact) mass is 322 g/mol. The van der Waals surface area contributed by atoms with Crippen molar-refractivity contribution in [3.63, 3.8) is 0 Å². The number of sulfonamides is 1. The third-order valence-corrected chi connectivity index (χ3v) is 3.86. The molecule has 2 aromatic carbocycles. The normalized spacial score (nSPS) is 12.7. The maximum Gasteiger partial charge on any atom is 0.229 e. The van der Waals surface area contributed by atoms with Crippen LogP contribution in [0.2, 0.25) is 0 Å². The molecule has 0 spiro atoms. The van der Waals surface area contributed by atoms with Gasteiger partial charge in [-0.2, -0.15) is 0 Å². The average molecular weight is 322 g/mol. The Balaban J connectivity index is 2.21. The molecule has 0 aromatic heterocycles. The molecule has 0 saturated carbocycles. The number of nitrogens with one attached hydrogen (secondary N) is 2. The van der Waals surface area contributed by atoms with Crippen molar-refractivity contribution in [1.82, 2.24) is 0 Å². The zero-order chi connectivity index (χ0) is 16.3. The highest BCUT2D eigenvalue weighted by atomic mass is 32.2. The lowest BCUT2D eigenvalue weighted by atomic mass is 10.1. The van der Waals surface area contributed by atoms with E-state index in [0.717, 1.165) is 23.1 Å². The fourth-order valence-corrected chi connectivity index (χ4v) is 2.75. The summed E-state index contributed by atoms with van der Waals surface area (Å²) >= 11 is 0. The van der Waals surface area contributed by atoms with Crippen molar-refractivity contribution in [2.45, 2.75) is 19.9 Å². The Morgan fingerprint density at radius 2 is 1.86 bits per heavy atom. The molecule has 0 unspecified atom stereocenters. The summed E-state index contributed by atoms with van der Waals surface area (Å²) in [6.45, 7) is 3.74. The molecular weight excluding hydrogens is 303 g/mol. The first kappa shape index (κ1) is 16.3. The number of aryl methyl sites for hydroxylation is 1. The molecule has 0 aliphatic rings. The average Bonchev–Trinajstić information content (AvgIpc) is 2.41. The standard InChI is InChI=1S/C16H19FN2O2S/c1-11-7-8-15(10-16(11)19-22(3,20)21)18-12(2)13-5-4-6-14(17)9-13/h4-10,12,18-19H,1-3H3/t12-/m1/s1. The van der Waals surface area contributed by atoms with Crippen LogP contribution in [0.4, 0.5) is 15.8 Å². The summed E-state index contributed by atoms with van der Waals surface area (Å²) in [5.41, 5.74) is 2.93. The third kappa shape index (κ3) is 4.46. The molecule has 118 valence electrons. The van der Waals surface area contributed by atoms with Gasteiger partial charge in [-0.05, 0) is 49.2 Å². The highest BCUT2D eigenvalue weighted by molar-refractivity contribution is 7.92. The highest BCUT2D eigenvalue weighted by Gasteiger charge is 2.09. The zero-order valence-electron chi connectivity index (χ0n) is 12.7. The van der Waals surface area contributed by atoms with Crippen LogP contribution in [0.15, 0.2) is 42.5 Å². The minimum atomic E-state index is -3.33. The Hall–Kier alpha value is -2.08. The summed E-state index contributed by atoms with van der Waals surface area (Å²) in [7, 11) is -3.33. The van der Waals surface area contributed by atoms with Crippen LogP contribution >= 0.6 is 0 Å². The summed E-state index contributed by atoms with van der Waals surface area (Å²) in [5.74, 6) is -0.283. The van der Waals surface area contributed by atoms with Gasteiger partial charge in [-0.1, -0.05) is 18.2 Å². The summed E-state index contributed by atoms with van der Waals surface area (Å²) < 4.78 is 38.5. The van der Waals surface area contributed by atoms with E-state index in [1.54, 1.807) is 12.1 Å². The zero-order valence-corrected chi connectivity index (χ0v) is 13.5. The number of anilines is 2. The molecular formula is C16H19FN2O2S. The van der Waals surface area contributed by atoms with Crippen molar-refractivity contribution in [3.05, 3.63) is 59.4 Å². The van der Waals surface area contributed by atoms with Crippen LogP contribution in [-0.4, -0.2) is 14.7 Å². The van der Waals surface area contributed by atoms with Crippen molar-refractivity contribution in [2.75, 3.05) is 16.3 Å². The molecule has 0 radical (unpaired) electrons. The first-order valence-corrected chi connectivity index (χ1v) is 8.74. The van der Waals surface area contributed by atoms with Crippen LogP contribution < -0.4 is 10.0 Å². The first-order valence-electron chi connectivity index (χ1n) is 6.85. The minimum absolute atomic E-state index is 0.107. The molecule has 0 amide bonds. The molecule has 0 bridgehead atoms. The first-order chi connectivity index (χ1) is 10.2. The van der Waals surface area contributed by atoms with Gasteiger partial charge in [0.1, 0.15) is 5.82 Å². The Morgan fingerprint density at radius 1 is 1.14 bits per heavy atom. The maximum atomic E-state index is 13.3. The van der Waals surface area contributed by atoms with E-state index >= 15 is 0 Å². The van der Waals surface area contributed by atoms with Crippen LogP contribution in [0, 0.1) is 12.7 Å². The van der Waals surface area contributed by atoms with Gasteiger partial charge < -0.3 is 5.32 Å². The SMILES string of the molecule is Cc1ccc(N[C@H](C)c2cccc(F)c2)cc1NS(C)(=O)=O. The van der Waals surface area contributed by atoms with Gasteiger partial charge in [0, 0.05) is 11.7 Å². The van der Waals surface area contributed by atoms with E-state index in [2.05, 4.69) is 10.0 Å². The van der Waals surface area contributed by atoms with Gasteiger partial charge in [0.25, 0.3) is 0 Å². The smallest absolute Gasteiger partial charge is 0.229 e. The Morgan fingerprint density at radius 3 is 2.50 bits per heavy atom. The summed E-state index contributed by atoms with van der Waals surface area (Å²) in [6.07, 6.45) is 1.11. The Kier molecular flexibility index (Phi) is 4.71. The van der Waals surface area contributed by atoms with E-state index in [1.165, 1.54) is 12.1 Å². The second-order valence-electron chi connectivity index (χ2n) is 5.32. The summed E-state index contributed by atoms with van der Waals surface area (Å²) in [4.78, 5) is 0. The van der Waals surface area contributed by atoms with Gasteiger partial charge >= 0.3 is 0 Å². The molecule has 22 heavy (non-hydrogen) atoms. The van der Waals surface area contributed by atoms with Gasteiger partial charge in [0.2, 0.25) is 10.0 Å². The summed E-state index contributed by atoms with van der Waals surface area (Å²) in [6, 6.07) is 11.7. The van der Waals surface area contributed by atoms with Gasteiger partial charge in [0.15, 0.2) is 0 Å². The van der Waals surface area contributed by atoms with Gasteiger partial charge in [-0.25, -0.2) is 12.8 Å². The molecule has 6 heteroatoms. The third-order valence-electron chi connectivity index (χ3n) is 3.26. The lowest BCUT2D eigenvalue weighted by Gasteiger charge is -2.17. The van der Waals surface area contributed by atoms with E-state index in [1.807, 2.05) is 32.0 Å². The van der Waals surface area contributed by atoms with Crippen LogP contribution in [-0.2, 0) is 10.0 Å². The molecule has 2 aromatic rings.